The molecule has 0 spiro atoms. The lowest BCUT2D eigenvalue weighted by molar-refractivity contribution is -0.128. The molecule has 0 radical (unpaired) electrons. The molecule has 2 aromatic carbocycles. The highest BCUT2D eigenvalue weighted by molar-refractivity contribution is 5.81. The number of hydrogen-bond donors (Lipinski definition) is 1. The third kappa shape index (κ3) is 4.41. The molecule has 0 saturated heterocycles. The van der Waals surface area contributed by atoms with E-state index in [9.17, 15) is 4.79 Å². The molecule has 3 rings (SSSR count). The van der Waals surface area contributed by atoms with E-state index in [1.165, 1.54) is 5.56 Å². The zero-order chi connectivity index (χ0) is 20.5. The van der Waals surface area contributed by atoms with Crippen molar-refractivity contribution in [1.29, 1.82) is 0 Å². The lowest BCUT2D eigenvalue weighted by Gasteiger charge is -2.38. The maximum atomic E-state index is 12.8. The Balaban J connectivity index is 1.76. The fraction of sp³-hybridized carbons (Fsp3) is 0.435. The van der Waals surface area contributed by atoms with Crippen molar-refractivity contribution >= 4 is 5.91 Å². The van der Waals surface area contributed by atoms with E-state index < -0.39 is 11.7 Å². The van der Waals surface area contributed by atoms with Gasteiger partial charge in [-0.25, -0.2) is 0 Å². The van der Waals surface area contributed by atoms with E-state index >= 15 is 0 Å². The van der Waals surface area contributed by atoms with Crippen LogP contribution in [0.25, 0.3) is 0 Å². The second kappa shape index (κ2) is 7.74. The number of amides is 1. The highest BCUT2D eigenvalue weighted by Gasteiger charge is 2.35. The smallest absolute Gasteiger partial charge is 0.261 e. The lowest BCUT2D eigenvalue weighted by atomic mass is 9.89. The summed E-state index contributed by atoms with van der Waals surface area (Å²) in [6, 6.07) is 11.5. The summed E-state index contributed by atoms with van der Waals surface area (Å²) >= 11 is 0. The van der Waals surface area contributed by atoms with Gasteiger partial charge in [-0.2, -0.15) is 0 Å². The van der Waals surface area contributed by atoms with Crippen LogP contribution in [0.1, 0.15) is 49.9 Å². The molecule has 1 aliphatic rings. The molecule has 1 N–H and O–H groups in total. The van der Waals surface area contributed by atoms with E-state index in [-0.39, 0.29) is 11.9 Å². The van der Waals surface area contributed by atoms with E-state index in [4.69, 9.17) is 14.2 Å². The van der Waals surface area contributed by atoms with Crippen molar-refractivity contribution < 1.29 is 19.0 Å². The van der Waals surface area contributed by atoms with E-state index in [1.807, 2.05) is 64.1 Å². The molecule has 0 unspecified atom stereocenters. The maximum absolute atomic E-state index is 12.8. The number of rotatable bonds is 5. The first-order valence-corrected chi connectivity index (χ1v) is 9.60. The maximum Gasteiger partial charge on any atom is 0.261 e. The quantitative estimate of drug-likeness (QED) is 0.826. The summed E-state index contributed by atoms with van der Waals surface area (Å²) in [4.78, 5) is 12.8. The summed E-state index contributed by atoms with van der Waals surface area (Å²) in [5.41, 5.74) is 2.74. The highest BCUT2D eigenvalue weighted by atomic mass is 16.5. The second-order valence-electron chi connectivity index (χ2n) is 8.06. The van der Waals surface area contributed by atoms with E-state index in [1.54, 1.807) is 14.0 Å². The molecule has 5 nitrogen and oxygen atoms in total. The molecule has 0 aromatic heterocycles. The van der Waals surface area contributed by atoms with Gasteiger partial charge in [0.2, 0.25) is 0 Å². The summed E-state index contributed by atoms with van der Waals surface area (Å²) in [6.07, 6.45) is 0.0722. The van der Waals surface area contributed by atoms with Gasteiger partial charge in [-0.1, -0.05) is 17.7 Å². The number of aryl methyl sites for hydroxylation is 2. The molecule has 1 aliphatic heterocycles. The Kier molecular flexibility index (Phi) is 5.54. The van der Waals surface area contributed by atoms with Crippen LogP contribution >= 0.6 is 0 Å². The summed E-state index contributed by atoms with van der Waals surface area (Å²) in [7, 11) is 1.63. The molecular weight excluding hydrogens is 354 g/mol. The number of hydrogen-bond acceptors (Lipinski definition) is 4. The van der Waals surface area contributed by atoms with Crippen LogP contribution in [0.15, 0.2) is 36.4 Å². The highest BCUT2D eigenvalue weighted by Crippen LogP contribution is 2.41. The number of fused-ring (bicyclic) bond motifs is 1. The minimum Gasteiger partial charge on any atom is -0.497 e. The predicted molar refractivity (Wildman–Crippen MR) is 109 cm³/mol. The molecule has 0 bridgehead atoms. The minimum atomic E-state index is -0.603. The largest absolute Gasteiger partial charge is 0.497 e. The number of nitrogens with one attached hydrogen (secondary N) is 1. The monoisotopic (exact) mass is 383 g/mol. The molecule has 1 heterocycles. The molecule has 0 aliphatic carbocycles. The second-order valence-corrected chi connectivity index (χ2v) is 8.06. The molecule has 0 fully saturated rings. The van der Waals surface area contributed by atoms with Gasteiger partial charge in [0.1, 0.15) is 22.8 Å². The molecule has 150 valence electrons. The average molecular weight is 383 g/mol. The van der Waals surface area contributed by atoms with Gasteiger partial charge >= 0.3 is 0 Å². The Hall–Kier alpha value is -2.69. The first-order valence-electron chi connectivity index (χ1n) is 9.60. The fourth-order valence-corrected chi connectivity index (χ4v) is 3.55. The van der Waals surface area contributed by atoms with Gasteiger partial charge in [0.05, 0.1) is 13.2 Å². The van der Waals surface area contributed by atoms with Crippen molar-refractivity contribution in [2.24, 2.45) is 0 Å². The SMILES string of the molecule is COc1ccc2c(c1)OC(C)(C)C[C@@H]2NC(=O)[C@@H](C)Oc1ccc(C)cc1C. The van der Waals surface area contributed by atoms with Gasteiger partial charge in [0.15, 0.2) is 6.10 Å². The zero-order valence-corrected chi connectivity index (χ0v) is 17.5. The van der Waals surface area contributed by atoms with E-state index in [0.29, 0.717) is 6.42 Å². The molecule has 2 atom stereocenters. The first-order chi connectivity index (χ1) is 13.2. The Labute approximate surface area is 167 Å². The van der Waals surface area contributed by atoms with Gasteiger partial charge < -0.3 is 19.5 Å². The third-order valence-corrected chi connectivity index (χ3v) is 5.00. The molecule has 1 amide bonds. The van der Waals surface area contributed by atoms with Crippen molar-refractivity contribution in [3.8, 4) is 17.2 Å². The van der Waals surface area contributed by atoms with E-state index in [2.05, 4.69) is 5.32 Å². The minimum absolute atomic E-state index is 0.149. The Morgan fingerprint density at radius 1 is 1.21 bits per heavy atom. The van der Waals surface area contributed by atoms with Gasteiger partial charge in [0.25, 0.3) is 5.91 Å². The van der Waals surface area contributed by atoms with Crippen LogP contribution in [0, 0.1) is 13.8 Å². The van der Waals surface area contributed by atoms with Gasteiger partial charge in [0, 0.05) is 18.1 Å². The number of methoxy groups -OCH3 is 1. The fourth-order valence-electron chi connectivity index (χ4n) is 3.55. The van der Waals surface area contributed by atoms with Crippen LogP contribution in [0.5, 0.6) is 17.2 Å². The Morgan fingerprint density at radius 3 is 2.64 bits per heavy atom. The number of carbonyl (C=O) groups is 1. The average Bonchev–Trinajstić information content (AvgIpc) is 2.62. The van der Waals surface area contributed by atoms with Crippen LogP contribution in [-0.2, 0) is 4.79 Å². The third-order valence-electron chi connectivity index (χ3n) is 5.00. The molecule has 2 aromatic rings. The predicted octanol–water partition coefficient (Wildman–Crippen LogP) is 4.50. The van der Waals surface area contributed by atoms with Crippen molar-refractivity contribution in [3.63, 3.8) is 0 Å². The number of benzene rings is 2. The summed E-state index contributed by atoms with van der Waals surface area (Å²) in [5.74, 6) is 2.05. The molecule has 28 heavy (non-hydrogen) atoms. The van der Waals surface area contributed by atoms with Crippen LogP contribution in [0.3, 0.4) is 0 Å². The molecular formula is C23H29NO4. The van der Waals surface area contributed by atoms with Crippen LogP contribution < -0.4 is 19.5 Å². The number of ether oxygens (including phenoxy) is 3. The van der Waals surface area contributed by atoms with Gasteiger partial charge in [-0.05, 0) is 58.4 Å². The first kappa shape index (κ1) is 20.1. The summed E-state index contributed by atoms with van der Waals surface area (Å²) < 4.78 is 17.3. The van der Waals surface area contributed by atoms with Gasteiger partial charge in [-0.3, -0.25) is 4.79 Å². The summed E-state index contributed by atoms with van der Waals surface area (Å²) in [6.45, 7) is 9.83. The molecule has 5 heteroatoms. The van der Waals surface area contributed by atoms with Crippen LogP contribution in [0.2, 0.25) is 0 Å². The Morgan fingerprint density at radius 2 is 1.96 bits per heavy atom. The molecule has 0 saturated carbocycles. The van der Waals surface area contributed by atoms with Crippen molar-refractivity contribution in [2.75, 3.05) is 7.11 Å². The van der Waals surface area contributed by atoms with Crippen molar-refractivity contribution in [3.05, 3.63) is 53.1 Å². The Bertz CT molecular complexity index is 875. The standard InChI is InChI=1S/C23H29NO4/c1-14-7-10-20(15(2)11-14)27-16(3)22(25)24-19-13-23(4,5)28-21-12-17(26-6)8-9-18(19)21/h7-12,16,19H,13H2,1-6H3,(H,24,25)/t16-,19+/m1/s1. The van der Waals surface area contributed by atoms with Crippen LogP contribution in [-0.4, -0.2) is 24.7 Å². The normalized spacial score (nSPS) is 18.4. The topological polar surface area (TPSA) is 56.8 Å². The lowest BCUT2D eigenvalue weighted by Crippen LogP contribution is -2.44. The van der Waals surface area contributed by atoms with Crippen molar-refractivity contribution in [1.82, 2.24) is 5.32 Å². The number of carbonyl (C=O) groups excluding carboxylic acids is 1. The van der Waals surface area contributed by atoms with Crippen LogP contribution in [0.4, 0.5) is 0 Å². The van der Waals surface area contributed by atoms with Crippen molar-refractivity contribution in [2.45, 2.75) is 58.8 Å². The van der Waals surface area contributed by atoms with E-state index in [0.717, 1.165) is 28.4 Å². The summed E-state index contributed by atoms with van der Waals surface area (Å²) in [5, 5.41) is 3.13. The zero-order valence-electron chi connectivity index (χ0n) is 17.5. The van der Waals surface area contributed by atoms with Gasteiger partial charge in [-0.15, -0.1) is 0 Å².